The summed E-state index contributed by atoms with van der Waals surface area (Å²) in [5.74, 6) is 0.550. The van der Waals surface area contributed by atoms with Crippen molar-refractivity contribution in [3.63, 3.8) is 0 Å². The summed E-state index contributed by atoms with van der Waals surface area (Å²) in [4.78, 5) is 5.26. The topological polar surface area (TPSA) is 52.0 Å². The largest absolute Gasteiger partial charge is 0.435 e. The van der Waals surface area contributed by atoms with Gasteiger partial charge in [0.05, 0.1) is 5.02 Å². The number of nitrogens with two attached hydrogens (primary N) is 1. The molecule has 5 heteroatoms. The van der Waals surface area contributed by atoms with Crippen LogP contribution in [0.3, 0.4) is 0 Å². The molecule has 0 atom stereocenters. The Balaban J connectivity index is 2.21. The van der Waals surface area contributed by atoms with Crippen LogP contribution in [-0.4, -0.2) is 4.98 Å². The van der Waals surface area contributed by atoms with Gasteiger partial charge in [0, 0.05) is 11.8 Å². The zero-order valence-electron chi connectivity index (χ0n) is 9.03. The van der Waals surface area contributed by atoms with E-state index in [1.165, 1.54) is 11.3 Å². The number of thiophene rings is 1. The zero-order chi connectivity index (χ0) is 12.0. The minimum atomic E-state index is 0.550. The molecule has 0 bridgehead atoms. The Hall–Kier alpha value is -1.52. The molecule has 0 aliphatic carbocycles. The first-order valence-corrected chi connectivity index (χ1v) is 6.31. The number of hydrogen-bond donors (Lipinski definition) is 1. The zero-order valence-corrected chi connectivity index (χ0v) is 10.6. The fourth-order valence-electron chi connectivity index (χ4n) is 1.61. The molecule has 0 amide bonds. The van der Waals surface area contributed by atoms with Crippen LogP contribution in [0.4, 0.5) is 5.69 Å². The van der Waals surface area contributed by atoms with Gasteiger partial charge in [-0.05, 0) is 30.0 Å². The number of nitrogens with zero attached hydrogens (tertiary/aromatic N) is 1. The van der Waals surface area contributed by atoms with E-state index >= 15 is 0 Å². The first kappa shape index (κ1) is 10.6. The monoisotopic (exact) mass is 264 g/mol. The van der Waals surface area contributed by atoms with Gasteiger partial charge in [-0.1, -0.05) is 11.6 Å². The molecule has 3 aromatic rings. The van der Waals surface area contributed by atoms with Gasteiger partial charge in [-0.15, -0.1) is 11.3 Å². The van der Waals surface area contributed by atoms with Crippen molar-refractivity contribution in [2.45, 2.75) is 6.92 Å². The van der Waals surface area contributed by atoms with Crippen molar-refractivity contribution in [1.82, 2.24) is 4.98 Å². The smallest absolute Gasteiger partial charge is 0.239 e. The Morgan fingerprint density at radius 3 is 2.94 bits per heavy atom. The molecule has 0 aliphatic heterocycles. The highest BCUT2D eigenvalue weighted by atomic mass is 35.5. The summed E-state index contributed by atoms with van der Waals surface area (Å²) in [7, 11) is 0. The molecule has 0 spiro atoms. The van der Waals surface area contributed by atoms with E-state index in [9.17, 15) is 0 Å². The Bertz CT molecular complexity index is 702. The van der Waals surface area contributed by atoms with Crippen molar-refractivity contribution in [2.24, 2.45) is 0 Å². The van der Waals surface area contributed by atoms with Gasteiger partial charge in [-0.3, -0.25) is 0 Å². The van der Waals surface area contributed by atoms with Gasteiger partial charge in [0.1, 0.15) is 10.4 Å². The van der Waals surface area contributed by atoms with Gasteiger partial charge in [-0.2, -0.15) is 0 Å². The Kier molecular flexibility index (Phi) is 2.34. The average Bonchev–Trinajstić information content (AvgIpc) is 2.83. The van der Waals surface area contributed by atoms with E-state index in [1.807, 2.05) is 18.4 Å². The predicted octanol–water partition coefficient (Wildman–Crippen LogP) is 4.10. The molecule has 0 saturated heterocycles. The molecule has 86 valence electrons. The van der Waals surface area contributed by atoms with Crippen LogP contribution in [0.25, 0.3) is 21.9 Å². The Labute approximate surface area is 107 Å². The third-order valence-electron chi connectivity index (χ3n) is 2.51. The minimum absolute atomic E-state index is 0.550. The van der Waals surface area contributed by atoms with Crippen LogP contribution in [0.15, 0.2) is 28.0 Å². The Morgan fingerprint density at radius 1 is 1.41 bits per heavy atom. The SMILES string of the molecule is Cc1csc(-c2nc3ccc(N)cc3o2)c1Cl. The first-order valence-electron chi connectivity index (χ1n) is 5.05. The van der Waals surface area contributed by atoms with Crippen LogP contribution in [0.2, 0.25) is 5.02 Å². The molecule has 0 saturated carbocycles. The third kappa shape index (κ3) is 1.69. The van der Waals surface area contributed by atoms with Crippen molar-refractivity contribution in [1.29, 1.82) is 0 Å². The number of aryl methyl sites for hydroxylation is 1. The van der Waals surface area contributed by atoms with Crippen LogP contribution in [-0.2, 0) is 0 Å². The lowest BCUT2D eigenvalue weighted by atomic mass is 10.3. The summed E-state index contributed by atoms with van der Waals surface area (Å²) in [5, 5.41) is 2.69. The molecule has 0 aliphatic rings. The molecular weight excluding hydrogens is 256 g/mol. The lowest BCUT2D eigenvalue weighted by Crippen LogP contribution is -1.81. The van der Waals surface area contributed by atoms with E-state index in [2.05, 4.69) is 4.98 Å². The number of aromatic nitrogens is 1. The number of rotatable bonds is 1. The van der Waals surface area contributed by atoms with E-state index < -0.39 is 0 Å². The molecule has 17 heavy (non-hydrogen) atoms. The quantitative estimate of drug-likeness (QED) is 0.673. The highest BCUT2D eigenvalue weighted by Gasteiger charge is 2.15. The van der Waals surface area contributed by atoms with Gasteiger partial charge in [-0.25, -0.2) is 4.98 Å². The summed E-state index contributed by atoms with van der Waals surface area (Å²) in [5.41, 5.74) is 8.86. The second-order valence-corrected chi connectivity index (χ2v) is 5.07. The average molecular weight is 265 g/mol. The van der Waals surface area contributed by atoms with Crippen LogP contribution in [0, 0.1) is 6.92 Å². The summed E-state index contributed by atoms with van der Waals surface area (Å²) in [6.45, 7) is 1.96. The van der Waals surface area contributed by atoms with E-state index in [1.54, 1.807) is 12.1 Å². The summed E-state index contributed by atoms with van der Waals surface area (Å²) >= 11 is 7.72. The number of anilines is 1. The van der Waals surface area contributed by atoms with Crippen molar-refractivity contribution in [3.05, 3.63) is 34.2 Å². The lowest BCUT2D eigenvalue weighted by molar-refractivity contribution is 0.622. The first-order chi connectivity index (χ1) is 8.15. The second kappa shape index (κ2) is 3.75. The fourth-order valence-corrected chi connectivity index (χ4v) is 2.81. The van der Waals surface area contributed by atoms with Crippen molar-refractivity contribution < 1.29 is 4.42 Å². The maximum absolute atomic E-state index is 6.19. The lowest BCUT2D eigenvalue weighted by Gasteiger charge is -1.90. The number of halogens is 1. The van der Waals surface area contributed by atoms with E-state index in [-0.39, 0.29) is 0 Å². The van der Waals surface area contributed by atoms with Crippen molar-refractivity contribution >= 4 is 39.7 Å². The standard InChI is InChI=1S/C12H9ClN2OS/c1-6-5-17-11(10(6)13)12-15-8-3-2-7(14)4-9(8)16-12/h2-5H,14H2,1H3. The molecule has 1 aromatic carbocycles. The van der Waals surface area contributed by atoms with Crippen LogP contribution < -0.4 is 5.73 Å². The van der Waals surface area contributed by atoms with Gasteiger partial charge >= 0.3 is 0 Å². The molecule has 0 fully saturated rings. The maximum Gasteiger partial charge on any atom is 0.239 e. The summed E-state index contributed by atoms with van der Waals surface area (Å²) in [6.07, 6.45) is 0. The predicted molar refractivity (Wildman–Crippen MR) is 71.5 cm³/mol. The minimum Gasteiger partial charge on any atom is -0.435 e. The number of hydrogen-bond acceptors (Lipinski definition) is 4. The molecule has 0 radical (unpaired) electrons. The molecule has 3 rings (SSSR count). The maximum atomic E-state index is 6.19. The molecule has 2 N–H and O–H groups in total. The van der Waals surface area contributed by atoms with Gasteiger partial charge in [0.15, 0.2) is 5.58 Å². The van der Waals surface area contributed by atoms with E-state index in [0.717, 1.165) is 16.0 Å². The van der Waals surface area contributed by atoms with Crippen LogP contribution in [0.1, 0.15) is 5.56 Å². The molecule has 3 nitrogen and oxygen atoms in total. The third-order valence-corrected chi connectivity index (χ3v) is 4.19. The van der Waals surface area contributed by atoms with E-state index in [0.29, 0.717) is 22.2 Å². The molecule has 2 heterocycles. The second-order valence-electron chi connectivity index (χ2n) is 3.81. The number of oxazole rings is 1. The normalized spacial score (nSPS) is 11.2. The highest BCUT2D eigenvalue weighted by Crippen LogP contribution is 2.37. The highest BCUT2D eigenvalue weighted by molar-refractivity contribution is 7.14. The summed E-state index contributed by atoms with van der Waals surface area (Å²) in [6, 6.07) is 5.40. The van der Waals surface area contributed by atoms with Gasteiger partial charge < -0.3 is 10.2 Å². The fraction of sp³-hybridized carbons (Fsp3) is 0.0833. The van der Waals surface area contributed by atoms with Gasteiger partial charge in [0.25, 0.3) is 0 Å². The number of fused-ring (bicyclic) bond motifs is 1. The van der Waals surface area contributed by atoms with Gasteiger partial charge in [0.2, 0.25) is 5.89 Å². The number of benzene rings is 1. The molecule has 0 unspecified atom stereocenters. The van der Waals surface area contributed by atoms with E-state index in [4.69, 9.17) is 21.8 Å². The summed E-state index contributed by atoms with van der Waals surface area (Å²) < 4.78 is 5.66. The molecule has 2 aromatic heterocycles. The van der Waals surface area contributed by atoms with Crippen molar-refractivity contribution in [3.8, 4) is 10.8 Å². The number of nitrogen functional groups attached to an aromatic ring is 1. The van der Waals surface area contributed by atoms with Crippen LogP contribution >= 0.6 is 22.9 Å². The Morgan fingerprint density at radius 2 is 2.24 bits per heavy atom. The van der Waals surface area contributed by atoms with Crippen LogP contribution in [0.5, 0.6) is 0 Å². The molecular formula is C12H9ClN2OS. The van der Waals surface area contributed by atoms with Crippen molar-refractivity contribution in [2.75, 3.05) is 5.73 Å².